The van der Waals surface area contributed by atoms with E-state index in [1.807, 2.05) is 6.08 Å². The van der Waals surface area contributed by atoms with Gasteiger partial charge in [-0.3, -0.25) is 0 Å². The van der Waals surface area contributed by atoms with Gasteiger partial charge in [-0.05, 0) is 0 Å². The summed E-state index contributed by atoms with van der Waals surface area (Å²) in [6, 6.07) is 0. The molecule has 0 unspecified atom stereocenters. The summed E-state index contributed by atoms with van der Waals surface area (Å²) < 4.78 is 0. The van der Waals surface area contributed by atoms with Gasteiger partial charge in [0.15, 0.2) is 0 Å². The Labute approximate surface area is 83.9 Å². The summed E-state index contributed by atoms with van der Waals surface area (Å²) in [6.45, 7) is 3.51. The Balaban J connectivity index is 0. The van der Waals surface area contributed by atoms with Crippen molar-refractivity contribution in [3.05, 3.63) is 12.7 Å². The third-order valence-electron chi connectivity index (χ3n) is 0.289. The van der Waals surface area contributed by atoms with Crippen molar-refractivity contribution >= 4 is 67.7 Å². The molecule has 0 amide bonds. The Hall–Kier alpha value is 1.91. The second-order valence-electron chi connectivity index (χ2n) is 0.697. The van der Waals surface area contributed by atoms with Crippen LogP contribution in [0.5, 0.6) is 0 Å². The summed E-state index contributed by atoms with van der Waals surface area (Å²) in [5, 5.41) is 1.22. The molecule has 0 spiro atoms. The third-order valence-corrected chi connectivity index (χ3v) is 0.866. The van der Waals surface area contributed by atoms with Crippen LogP contribution in [0.4, 0.5) is 0 Å². The number of hydrogen-bond acceptors (Lipinski definition) is 0. The molecule has 2 heteroatoms. The summed E-state index contributed by atoms with van der Waals surface area (Å²) >= 11 is 1.27. The zero-order valence-electron chi connectivity index (χ0n) is 2.99. The van der Waals surface area contributed by atoms with E-state index in [9.17, 15) is 0 Å². The Bertz CT molecular complexity index is 20.9. The van der Waals surface area contributed by atoms with Gasteiger partial charge in [0, 0.05) is 0 Å². The number of allylic oxidation sites excluding steroid dienone is 1. The van der Waals surface area contributed by atoms with Crippen LogP contribution in [0.2, 0.25) is 5.28 Å². The second-order valence-corrected chi connectivity index (χ2v) is 1.51. The van der Waals surface area contributed by atoms with E-state index in [0.29, 0.717) is 0 Å². The Morgan fingerprint density at radius 3 is 2.00 bits per heavy atom. The third kappa shape index (κ3) is 10.7. The van der Waals surface area contributed by atoms with Gasteiger partial charge in [-0.2, -0.15) is 0 Å². The molecule has 0 saturated heterocycles. The molecule has 0 aromatic heterocycles. The molecule has 24 valence electrons. The predicted molar refractivity (Wildman–Crippen MR) is 30.7 cm³/mol. The molecule has 0 fully saturated rings. The molecule has 0 rings (SSSR count). The van der Waals surface area contributed by atoms with E-state index in [1.54, 1.807) is 0 Å². The van der Waals surface area contributed by atoms with Crippen LogP contribution in [0.3, 0.4) is 0 Å². The zero-order chi connectivity index (χ0) is 3.41. The summed E-state index contributed by atoms with van der Waals surface area (Å²) in [5.74, 6) is 0. The first-order valence-corrected chi connectivity index (χ1v) is 2.94. The minimum absolute atomic E-state index is 0. The van der Waals surface area contributed by atoms with Crippen molar-refractivity contribution in [2.24, 2.45) is 0 Å². The molecule has 0 bridgehead atoms. The number of hydrogen-bond donors (Lipinski definition) is 0. The normalized spacial score (nSPS) is 4.80. The van der Waals surface area contributed by atoms with Gasteiger partial charge in [-0.25, -0.2) is 0 Å². The van der Waals surface area contributed by atoms with Crippen LogP contribution < -0.4 is 0 Å². The monoisotopic (exact) mass is 110 g/mol. The molecule has 5 heavy (non-hydrogen) atoms. The van der Waals surface area contributed by atoms with Gasteiger partial charge in [0.25, 0.3) is 0 Å². The molecule has 0 radical (unpaired) electrons. The van der Waals surface area contributed by atoms with Crippen LogP contribution in [0.1, 0.15) is 0 Å². The predicted octanol–water partition coefficient (Wildman–Crippen LogP) is -0.425. The molecular formula is C3H8AlK. The maximum atomic E-state index is 3.51. The van der Waals surface area contributed by atoms with E-state index < -0.39 is 0 Å². The van der Waals surface area contributed by atoms with E-state index in [4.69, 9.17) is 0 Å². The van der Waals surface area contributed by atoms with Crippen molar-refractivity contribution in [2.75, 3.05) is 0 Å². The summed E-state index contributed by atoms with van der Waals surface area (Å²) in [6.07, 6.45) is 1.94. The fourth-order valence-electron chi connectivity index (χ4n) is 0. The molecule has 0 saturated carbocycles. The molecule has 0 aromatic rings. The van der Waals surface area contributed by atoms with Crippen molar-refractivity contribution in [1.29, 1.82) is 0 Å². The first-order chi connectivity index (χ1) is 1.91. The summed E-state index contributed by atoms with van der Waals surface area (Å²) in [5.41, 5.74) is 0. The molecule has 0 aliphatic rings. The van der Waals surface area contributed by atoms with Gasteiger partial charge in [0.05, 0.1) is 0 Å². The van der Waals surface area contributed by atoms with Gasteiger partial charge in [-0.1, -0.05) is 5.28 Å². The van der Waals surface area contributed by atoms with Gasteiger partial charge < -0.3 is 0 Å². The van der Waals surface area contributed by atoms with Crippen molar-refractivity contribution < 1.29 is 0 Å². The molecule has 0 N–H and O–H groups in total. The first kappa shape index (κ1) is 10.0. The quantitative estimate of drug-likeness (QED) is 0.317. The first-order valence-electron chi connectivity index (χ1n) is 1.52. The van der Waals surface area contributed by atoms with E-state index >= 15 is 0 Å². The standard InChI is InChI=1S/C3H5.Al.K.3H/c1-3-2;;;;;/h3H,1-2H2;;;;;. The average Bonchev–Trinajstić information content (AvgIpc) is 1.37. The average molecular weight is 110 g/mol. The van der Waals surface area contributed by atoms with Crippen LogP contribution >= 0.6 is 0 Å². The number of rotatable bonds is 1. The minimum atomic E-state index is 0. The van der Waals surface area contributed by atoms with Crippen LogP contribution in [0.15, 0.2) is 12.7 Å². The van der Waals surface area contributed by atoms with E-state index in [-0.39, 0.29) is 51.4 Å². The molecule has 0 atom stereocenters. The van der Waals surface area contributed by atoms with Crippen LogP contribution in [0, 0.1) is 0 Å². The molecule has 0 heterocycles. The fraction of sp³-hybridized carbons (Fsp3) is 0.333. The van der Waals surface area contributed by atoms with Crippen LogP contribution in [-0.2, 0) is 0 Å². The molecule has 0 aromatic carbocycles. The van der Waals surface area contributed by atoms with Crippen molar-refractivity contribution in [3.8, 4) is 0 Å². The topological polar surface area (TPSA) is 0 Å². The van der Waals surface area contributed by atoms with Gasteiger partial charge in [-0.15, -0.1) is 12.7 Å². The van der Waals surface area contributed by atoms with Crippen molar-refractivity contribution in [1.82, 2.24) is 0 Å². The van der Waals surface area contributed by atoms with Crippen LogP contribution in [-0.4, -0.2) is 67.7 Å². The summed E-state index contributed by atoms with van der Waals surface area (Å²) in [4.78, 5) is 0. The van der Waals surface area contributed by atoms with Gasteiger partial charge >= 0.3 is 51.4 Å². The Morgan fingerprint density at radius 1 is 1.80 bits per heavy atom. The van der Waals surface area contributed by atoms with Crippen molar-refractivity contribution in [2.45, 2.75) is 5.28 Å². The molecule has 0 aliphatic heterocycles. The SMILES string of the molecule is C=C[CH2][AlH2].[KH]. The van der Waals surface area contributed by atoms with E-state index in [2.05, 4.69) is 6.58 Å². The molecular weight excluding hydrogens is 102 g/mol. The van der Waals surface area contributed by atoms with E-state index in [1.165, 1.54) is 21.6 Å². The van der Waals surface area contributed by atoms with Crippen LogP contribution in [0.25, 0.3) is 0 Å². The Morgan fingerprint density at radius 2 is 2.00 bits per heavy atom. The van der Waals surface area contributed by atoms with Gasteiger partial charge in [0.1, 0.15) is 0 Å². The second kappa shape index (κ2) is 9.32. The maximum absolute atomic E-state index is 3.51. The molecule has 0 nitrogen and oxygen atoms in total. The van der Waals surface area contributed by atoms with Gasteiger partial charge in [0.2, 0.25) is 16.3 Å². The van der Waals surface area contributed by atoms with Crippen molar-refractivity contribution in [3.63, 3.8) is 0 Å². The fourth-order valence-corrected chi connectivity index (χ4v) is 0. The van der Waals surface area contributed by atoms with E-state index in [0.717, 1.165) is 0 Å². The summed E-state index contributed by atoms with van der Waals surface area (Å²) in [7, 11) is 0. The molecule has 0 aliphatic carbocycles. The Kier molecular flexibility index (Phi) is 18.7. The zero-order valence-corrected chi connectivity index (χ0v) is 4.99.